The Hall–Kier alpha value is -2.38. The van der Waals surface area contributed by atoms with E-state index in [0.717, 1.165) is 51.8 Å². The maximum atomic E-state index is 4.84. The SMILES string of the molecule is CCNC(=NCc1ccccc1Cn1cccn1)NCC(C)N1CCN(C)CC1. The van der Waals surface area contributed by atoms with Crippen molar-refractivity contribution < 1.29 is 0 Å². The molecule has 2 N–H and O–H groups in total. The fourth-order valence-corrected chi connectivity index (χ4v) is 3.58. The van der Waals surface area contributed by atoms with Crippen LogP contribution in [0.4, 0.5) is 0 Å². The summed E-state index contributed by atoms with van der Waals surface area (Å²) in [6, 6.07) is 10.9. The van der Waals surface area contributed by atoms with Gasteiger partial charge in [-0.05, 0) is 38.1 Å². The van der Waals surface area contributed by atoms with Crippen molar-refractivity contribution in [1.82, 2.24) is 30.2 Å². The highest BCUT2D eigenvalue weighted by Crippen LogP contribution is 2.12. The lowest BCUT2D eigenvalue weighted by atomic mass is 10.1. The largest absolute Gasteiger partial charge is 0.357 e. The maximum absolute atomic E-state index is 4.84. The average Bonchev–Trinajstić information content (AvgIpc) is 3.24. The third-order valence-corrected chi connectivity index (χ3v) is 5.49. The monoisotopic (exact) mass is 397 g/mol. The number of rotatable bonds is 8. The molecule has 1 fully saturated rings. The fraction of sp³-hybridized carbons (Fsp3) is 0.545. The Kier molecular flexibility index (Phi) is 8.07. The number of nitrogens with zero attached hydrogens (tertiary/aromatic N) is 5. The van der Waals surface area contributed by atoms with E-state index in [1.807, 2.05) is 23.1 Å². The van der Waals surface area contributed by atoms with Crippen molar-refractivity contribution in [2.24, 2.45) is 4.99 Å². The molecule has 1 saturated heterocycles. The molecule has 7 heteroatoms. The highest BCUT2D eigenvalue weighted by atomic mass is 15.3. The summed E-state index contributed by atoms with van der Waals surface area (Å²) in [5.41, 5.74) is 2.48. The first-order chi connectivity index (χ1) is 14.2. The van der Waals surface area contributed by atoms with E-state index in [0.29, 0.717) is 12.6 Å². The van der Waals surface area contributed by atoms with Crippen molar-refractivity contribution in [3.05, 3.63) is 53.9 Å². The predicted molar refractivity (Wildman–Crippen MR) is 119 cm³/mol. The summed E-state index contributed by atoms with van der Waals surface area (Å²) in [7, 11) is 2.19. The molecule has 3 rings (SSSR count). The third-order valence-electron chi connectivity index (χ3n) is 5.49. The first kappa shape index (κ1) is 21.3. The summed E-state index contributed by atoms with van der Waals surface area (Å²) < 4.78 is 1.95. The molecule has 1 aromatic heterocycles. The zero-order valence-corrected chi connectivity index (χ0v) is 18.0. The quantitative estimate of drug-likeness (QED) is 0.524. The Bertz CT molecular complexity index is 748. The van der Waals surface area contributed by atoms with E-state index in [2.05, 4.69) is 70.7 Å². The molecule has 0 bridgehead atoms. The standard InChI is InChI=1S/C22H35N7/c1-4-23-22(24-16-19(2)28-14-12-27(3)13-15-28)25-17-20-8-5-6-9-21(20)18-29-11-7-10-26-29/h5-11,19H,4,12-18H2,1-3H3,(H2,23,24,25). The molecule has 0 amide bonds. The number of piperazine rings is 1. The van der Waals surface area contributed by atoms with Gasteiger partial charge in [-0.3, -0.25) is 9.58 Å². The van der Waals surface area contributed by atoms with E-state index >= 15 is 0 Å². The normalized spacial score (nSPS) is 17.3. The second kappa shape index (κ2) is 11.0. The minimum atomic E-state index is 0.486. The van der Waals surface area contributed by atoms with E-state index in [1.54, 1.807) is 0 Å². The second-order valence-electron chi connectivity index (χ2n) is 7.74. The number of nitrogens with one attached hydrogen (secondary N) is 2. The summed E-state index contributed by atoms with van der Waals surface area (Å²) >= 11 is 0. The van der Waals surface area contributed by atoms with Gasteiger partial charge in [-0.1, -0.05) is 24.3 Å². The van der Waals surface area contributed by atoms with Crippen LogP contribution in [0.3, 0.4) is 0 Å². The van der Waals surface area contributed by atoms with Gasteiger partial charge < -0.3 is 15.5 Å². The predicted octanol–water partition coefficient (Wildman–Crippen LogP) is 1.62. The van der Waals surface area contributed by atoms with Gasteiger partial charge in [-0.25, -0.2) is 4.99 Å². The van der Waals surface area contributed by atoms with E-state index in [-0.39, 0.29) is 0 Å². The fourth-order valence-electron chi connectivity index (χ4n) is 3.58. The number of hydrogen-bond acceptors (Lipinski definition) is 4. The molecule has 2 heterocycles. The second-order valence-corrected chi connectivity index (χ2v) is 7.74. The minimum Gasteiger partial charge on any atom is -0.357 e. The van der Waals surface area contributed by atoms with Crippen LogP contribution in [0.2, 0.25) is 0 Å². The lowest BCUT2D eigenvalue weighted by molar-refractivity contribution is 0.120. The van der Waals surface area contributed by atoms with Gasteiger partial charge in [0.05, 0.1) is 13.1 Å². The molecule has 1 unspecified atom stereocenters. The van der Waals surface area contributed by atoms with Crippen molar-refractivity contribution in [3.8, 4) is 0 Å². The van der Waals surface area contributed by atoms with Gasteiger partial charge in [-0.2, -0.15) is 5.10 Å². The van der Waals surface area contributed by atoms with E-state index in [1.165, 1.54) is 11.1 Å². The van der Waals surface area contributed by atoms with Gasteiger partial charge in [0.1, 0.15) is 0 Å². The van der Waals surface area contributed by atoms with E-state index in [9.17, 15) is 0 Å². The van der Waals surface area contributed by atoms with Crippen LogP contribution in [0.1, 0.15) is 25.0 Å². The first-order valence-electron chi connectivity index (χ1n) is 10.6. The topological polar surface area (TPSA) is 60.7 Å². The number of aliphatic imine (C=N–C) groups is 1. The summed E-state index contributed by atoms with van der Waals surface area (Å²) in [6.07, 6.45) is 3.81. The lowest BCUT2D eigenvalue weighted by Gasteiger charge is -2.36. The summed E-state index contributed by atoms with van der Waals surface area (Å²) in [6.45, 7) is 12.1. The Balaban J connectivity index is 1.58. The van der Waals surface area contributed by atoms with Crippen LogP contribution in [0.5, 0.6) is 0 Å². The number of aromatic nitrogens is 2. The molecule has 29 heavy (non-hydrogen) atoms. The highest BCUT2D eigenvalue weighted by Gasteiger charge is 2.19. The van der Waals surface area contributed by atoms with Gasteiger partial charge in [0, 0.05) is 57.7 Å². The van der Waals surface area contributed by atoms with Gasteiger partial charge in [0.2, 0.25) is 0 Å². The van der Waals surface area contributed by atoms with Crippen LogP contribution in [0, 0.1) is 0 Å². The van der Waals surface area contributed by atoms with Gasteiger partial charge in [0.15, 0.2) is 5.96 Å². The Morgan fingerprint density at radius 1 is 1.10 bits per heavy atom. The Morgan fingerprint density at radius 2 is 1.86 bits per heavy atom. The van der Waals surface area contributed by atoms with Crippen LogP contribution in [-0.4, -0.2) is 77.9 Å². The molecule has 0 radical (unpaired) electrons. The lowest BCUT2D eigenvalue weighted by Crippen LogP contribution is -2.52. The maximum Gasteiger partial charge on any atom is 0.191 e. The molecule has 1 aliphatic rings. The molecule has 1 atom stereocenters. The van der Waals surface area contributed by atoms with Crippen LogP contribution < -0.4 is 10.6 Å². The van der Waals surface area contributed by atoms with Gasteiger partial charge in [0.25, 0.3) is 0 Å². The number of hydrogen-bond donors (Lipinski definition) is 2. The van der Waals surface area contributed by atoms with Crippen LogP contribution in [0.25, 0.3) is 0 Å². The molecule has 1 aromatic carbocycles. The molecule has 158 valence electrons. The molecule has 1 aliphatic heterocycles. The number of benzene rings is 1. The average molecular weight is 398 g/mol. The zero-order chi connectivity index (χ0) is 20.5. The van der Waals surface area contributed by atoms with Gasteiger partial charge in [-0.15, -0.1) is 0 Å². The molecule has 2 aromatic rings. The van der Waals surface area contributed by atoms with E-state index < -0.39 is 0 Å². The molecule has 0 aliphatic carbocycles. The Labute approximate surface area is 174 Å². The molecular weight excluding hydrogens is 362 g/mol. The molecule has 0 saturated carbocycles. The van der Waals surface area contributed by atoms with Gasteiger partial charge >= 0.3 is 0 Å². The van der Waals surface area contributed by atoms with Crippen molar-refractivity contribution in [2.75, 3.05) is 46.3 Å². The van der Waals surface area contributed by atoms with E-state index in [4.69, 9.17) is 4.99 Å². The first-order valence-corrected chi connectivity index (χ1v) is 10.6. The van der Waals surface area contributed by atoms with Crippen LogP contribution in [0.15, 0.2) is 47.7 Å². The van der Waals surface area contributed by atoms with Crippen molar-refractivity contribution in [2.45, 2.75) is 33.0 Å². The van der Waals surface area contributed by atoms with Crippen molar-refractivity contribution in [3.63, 3.8) is 0 Å². The Morgan fingerprint density at radius 3 is 2.55 bits per heavy atom. The van der Waals surface area contributed by atoms with Crippen molar-refractivity contribution >= 4 is 5.96 Å². The van der Waals surface area contributed by atoms with Crippen LogP contribution >= 0.6 is 0 Å². The third kappa shape index (κ3) is 6.58. The minimum absolute atomic E-state index is 0.486. The summed E-state index contributed by atoms with van der Waals surface area (Å²) in [5.74, 6) is 0.877. The highest BCUT2D eigenvalue weighted by molar-refractivity contribution is 5.79. The summed E-state index contributed by atoms with van der Waals surface area (Å²) in [4.78, 5) is 9.78. The number of guanidine groups is 1. The number of likely N-dealkylation sites (N-methyl/N-ethyl adjacent to an activating group) is 1. The van der Waals surface area contributed by atoms with Crippen LogP contribution in [-0.2, 0) is 13.1 Å². The zero-order valence-electron chi connectivity index (χ0n) is 18.0. The molecule has 7 nitrogen and oxygen atoms in total. The van der Waals surface area contributed by atoms with Crippen molar-refractivity contribution in [1.29, 1.82) is 0 Å². The summed E-state index contributed by atoms with van der Waals surface area (Å²) in [5, 5.41) is 11.2. The smallest absolute Gasteiger partial charge is 0.191 e. The molecular formula is C22H35N7. The molecule has 0 spiro atoms.